The third-order valence-corrected chi connectivity index (χ3v) is 4.11. The molecule has 0 aromatic heterocycles. The van der Waals surface area contributed by atoms with Gasteiger partial charge in [0.05, 0.1) is 0 Å². The minimum atomic E-state index is -0.630. The number of hydrogen-bond acceptors (Lipinski definition) is 5. The molecule has 0 bridgehead atoms. The van der Waals surface area contributed by atoms with Gasteiger partial charge in [0, 0.05) is 6.08 Å². The lowest BCUT2D eigenvalue weighted by atomic mass is 10.1. The zero-order chi connectivity index (χ0) is 17.2. The van der Waals surface area contributed by atoms with Crippen molar-refractivity contribution < 1.29 is 23.8 Å². The Labute approximate surface area is 144 Å². The molecular formula is C19H15NO5. The van der Waals surface area contributed by atoms with Crippen LogP contribution in [-0.2, 0) is 9.53 Å². The van der Waals surface area contributed by atoms with Crippen LogP contribution in [0.1, 0.15) is 17.2 Å². The highest BCUT2D eigenvalue weighted by Gasteiger charge is 2.37. The number of benzene rings is 2. The van der Waals surface area contributed by atoms with Crippen LogP contribution in [0.25, 0.3) is 6.08 Å². The van der Waals surface area contributed by atoms with Crippen LogP contribution in [-0.4, -0.2) is 30.3 Å². The Hall–Kier alpha value is -3.28. The van der Waals surface area contributed by atoms with Gasteiger partial charge in [-0.15, -0.1) is 0 Å². The third kappa shape index (κ3) is 2.94. The maximum Gasteiger partial charge on any atom is 0.417 e. The zero-order valence-electron chi connectivity index (χ0n) is 13.3. The van der Waals surface area contributed by atoms with Gasteiger partial charge in [0.25, 0.3) is 5.91 Å². The van der Waals surface area contributed by atoms with Crippen LogP contribution in [0.3, 0.4) is 0 Å². The summed E-state index contributed by atoms with van der Waals surface area (Å²) in [5.74, 6) is 0.891. The highest BCUT2D eigenvalue weighted by atomic mass is 16.7. The first-order chi connectivity index (χ1) is 12.2. The first-order valence-electron chi connectivity index (χ1n) is 7.85. The number of hydrogen-bond donors (Lipinski definition) is 0. The van der Waals surface area contributed by atoms with E-state index in [4.69, 9.17) is 14.2 Å². The monoisotopic (exact) mass is 337 g/mol. The molecule has 4 rings (SSSR count). The second-order valence-electron chi connectivity index (χ2n) is 5.66. The molecule has 6 heteroatoms. The molecule has 2 aliphatic rings. The van der Waals surface area contributed by atoms with Crippen LogP contribution in [0.4, 0.5) is 4.79 Å². The topological polar surface area (TPSA) is 65.1 Å². The first-order valence-corrected chi connectivity index (χ1v) is 7.85. The van der Waals surface area contributed by atoms with Crippen molar-refractivity contribution in [2.45, 2.75) is 6.04 Å². The number of ether oxygens (including phenoxy) is 3. The first kappa shape index (κ1) is 15.3. The van der Waals surface area contributed by atoms with E-state index in [0.29, 0.717) is 11.5 Å². The van der Waals surface area contributed by atoms with Crippen molar-refractivity contribution in [1.82, 2.24) is 4.90 Å². The van der Waals surface area contributed by atoms with Crippen molar-refractivity contribution in [2.75, 3.05) is 13.4 Å². The van der Waals surface area contributed by atoms with Crippen LogP contribution in [0, 0.1) is 0 Å². The minimum absolute atomic E-state index is 0.159. The second-order valence-corrected chi connectivity index (χ2v) is 5.66. The molecule has 0 spiro atoms. The summed E-state index contributed by atoms with van der Waals surface area (Å²) in [5, 5.41) is 0. The zero-order valence-corrected chi connectivity index (χ0v) is 13.3. The molecule has 25 heavy (non-hydrogen) atoms. The summed E-state index contributed by atoms with van der Waals surface area (Å²) in [7, 11) is 0. The van der Waals surface area contributed by atoms with E-state index in [1.165, 1.54) is 6.08 Å². The van der Waals surface area contributed by atoms with E-state index in [9.17, 15) is 9.59 Å². The van der Waals surface area contributed by atoms with E-state index in [1.807, 2.05) is 36.4 Å². The largest absolute Gasteiger partial charge is 0.454 e. The lowest BCUT2D eigenvalue weighted by Crippen LogP contribution is -2.32. The quantitative estimate of drug-likeness (QED) is 0.805. The predicted molar refractivity (Wildman–Crippen MR) is 89.0 cm³/mol. The van der Waals surface area contributed by atoms with E-state index >= 15 is 0 Å². The molecule has 0 aliphatic carbocycles. The molecule has 0 saturated carbocycles. The highest BCUT2D eigenvalue weighted by Crippen LogP contribution is 2.33. The molecule has 1 atom stereocenters. The molecule has 1 saturated heterocycles. The molecule has 1 fully saturated rings. The van der Waals surface area contributed by atoms with Crippen LogP contribution in [0.2, 0.25) is 0 Å². The van der Waals surface area contributed by atoms with Gasteiger partial charge in [-0.1, -0.05) is 36.4 Å². The lowest BCUT2D eigenvalue weighted by Gasteiger charge is -2.18. The third-order valence-electron chi connectivity index (χ3n) is 4.11. The summed E-state index contributed by atoms with van der Waals surface area (Å²) < 4.78 is 15.6. The van der Waals surface area contributed by atoms with Gasteiger partial charge in [0.2, 0.25) is 6.79 Å². The van der Waals surface area contributed by atoms with Gasteiger partial charge in [-0.3, -0.25) is 4.79 Å². The smallest absolute Gasteiger partial charge is 0.417 e. The molecule has 2 aromatic rings. The van der Waals surface area contributed by atoms with E-state index in [0.717, 1.165) is 16.0 Å². The SMILES string of the molecule is O=C(/C=C/c1ccc2c(c1)OCO2)N1C(=O)OC[C@@H]1c1ccccc1. The van der Waals surface area contributed by atoms with Crippen molar-refractivity contribution in [3.63, 3.8) is 0 Å². The van der Waals surface area contributed by atoms with Crippen LogP contribution in [0.5, 0.6) is 11.5 Å². The number of rotatable bonds is 3. The fraction of sp³-hybridized carbons (Fsp3) is 0.158. The van der Waals surface area contributed by atoms with Crippen LogP contribution < -0.4 is 9.47 Å². The number of carbonyl (C=O) groups excluding carboxylic acids is 2. The summed E-state index contributed by atoms with van der Waals surface area (Å²) in [5.41, 5.74) is 1.64. The van der Waals surface area contributed by atoms with E-state index < -0.39 is 18.0 Å². The molecule has 0 N–H and O–H groups in total. The molecule has 2 aromatic carbocycles. The molecule has 2 heterocycles. The van der Waals surface area contributed by atoms with Gasteiger partial charge in [-0.25, -0.2) is 9.69 Å². The van der Waals surface area contributed by atoms with E-state index in [1.54, 1.807) is 18.2 Å². The van der Waals surface area contributed by atoms with Gasteiger partial charge in [0.15, 0.2) is 11.5 Å². The van der Waals surface area contributed by atoms with Crippen molar-refractivity contribution >= 4 is 18.1 Å². The Balaban J connectivity index is 1.54. The van der Waals surface area contributed by atoms with E-state index in [2.05, 4.69) is 0 Å². The van der Waals surface area contributed by atoms with Gasteiger partial charge in [-0.2, -0.15) is 0 Å². The highest BCUT2D eigenvalue weighted by molar-refractivity contribution is 6.02. The van der Waals surface area contributed by atoms with Gasteiger partial charge in [0.1, 0.15) is 12.6 Å². The number of carbonyl (C=O) groups is 2. The minimum Gasteiger partial charge on any atom is -0.454 e. The number of fused-ring (bicyclic) bond motifs is 1. The van der Waals surface area contributed by atoms with Gasteiger partial charge >= 0.3 is 6.09 Å². The average Bonchev–Trinajstić information content (AvgIpc) is 3.26. The Bertz CT molecular complexity index is 846. The maximum absolute atomic E-state index is 12.5. The standard InChI is InChI=1S/C19H15NO5/c21-18(9-7-13-6-8-16-17(10-13)25-12-24-16)20-15(11-23-19(20)22)14-4-2-1-3-5-14/h1-10,15H,11-12H2/b9-7+/t15-/m1/s1. The van der Waals surface area contributed by atoms with E-state index in [-0.39, 0.29) is 13.4 Å². The fourth-order valence-corrected chi connectivity index (χ4v) is 2.85. The lowest BCUT2D eigenvalue weighted by molar-refractivity contribution is -0.124. The molecule has 2 aliphatic heterocycles. The van der Waals surface area contributed by atoms with Gasteiger partial charge in [-0.05, 0) is 29.3 Å². The molecule has 2 amide bonds. The summed E-state index contributed by atoms with van der Waals surface area (Å²) >= 11 is 0. The second kappa shape index (κ2) is 6.32. The summed E-state index contributed by atoms with van der Waals surface area (Å²) in [4.78, 5) is 25.6. The normalized spacial score (nSPS) is 18.6. The number of cyclic esters (lactones) is 1. The fourth-order valence-electron chi connectivity index (χ4n) is 2.85. The van der Waals surface area contributed by atoms with Crippen molar-refractivity contribution in [3.05, 3.63) is 65.7 Å². The van der Waals surface area contributed by atoms with Crippen LogP contribution in [0.15, 0.2) is 54.6 Å². The predicted octanol–water partition coefficient (Wildman–Crippen LogP) is 3.15. The number of imide groups is 1. The molecule has 0 radical (unpaired) electrons. The van der Waals surface area contributed by atoms with Crippen molar-refractivity contribution in [2.24, 2.45) is 0 Å². The maximum atomic E-state index is 12.5. The summed E-state index contributed by atoms with van der Waals surface area (Å²) in [6.07, 6.45) is 2.37. The number of nitrogens with zero attached hydrogens (tertiary/aromatic N) is 1. The molecular weight excluding hydrogens is 322 g/mol. The van der Waals surface area contributed by atoms with Crippen molar-refractivity contribution in [1.29, 1.82) is 0 Å². The van der Waals surface area contributed by atoms with Crippen molar-refractivity contribution in [3.8, 4) is 11.5 Å². The average molecular weight is 337 g/mol. The summed E-state index contributed by atoms with van der Waals surface area (Å²) in [6.45, 7) is 0.353. The molecule has 0 unspecified atom stereocenters. The molecule has 126 valence electrons. The Kier molecular flexibility index (Phi) is 3.85. The molecule has 6 nitrogen and oxygen atoms in total. The Morgan fingerprint density at radius 2 is 1.84 bits per heavy atom. The Morgan fingerprint density at radius 1 is 1.04 bits per heavy atom. The van der Waals surface area contributed by atoms with Crippen LogP contribution >= 0.6 is 0 Å². The summed E-state index contributed by atoms with van der Waals surface area (Å²) in [6, 6.07) is 14.3. The Morgan fingerprint density at radius 3 is 2.68 bits per heavy atom. The van der Waals surface area contributed by atoms with Gasteiger partial charge < -0.3 is 14.2 Å². The number of amides is 2.